The fraction of sp³-hybridized carbons (Fsp3) is 0.333. The normalized spacial score (nSPS) is 10.4. The summed E-state index contributed by atoms with van der Waals surface area (Å²) >= 11 is 10.1. The molecule has 0 aliphatic carbocycles. The standard InChI is InChI=1S/C9H11ClOS/c1-6(2)11-9-5-7(12)3-4-8(9)10/h3-6,12H,1-2H3. The molecule has 0 saturated heterocycles. The third-order valence-corrected chi connectivity index (χ3v) is 1.87. The molecule has 1 aromatic rings. The van der Waals surface area contributed by atoms with Gasteiger partial charge >= 0.3 is 0 Å². The molecule has 0 saturated carbocycles. The number of thiol groups is 1. The van der Waals surface area contributed by atoms with Crippen molar-refractivity contribution in [1.82, 2.24) is 0 Å². The molecular weight excluding hydrogens is 192 g/mol. The molecule has 1 rings (SSSR count). The van der Waals surface area contributed by atoms with Crippen molar-refractivity contribution >= 4 is 24.2 Å². The first-order valence-electron chi connectivity index (χ1n) is 3.75. The lowest BCUT2D eigenvalue weighted by atomic mass is 10.3. The zero-order valence-corrected chi connectivity index (χ0v) is 8.69. The van der Waals surface area contributed by atoms with Crippen LogP contribution in [0.3, 0.4) is 0 Å². The highest BCUT2D eigenvalue weighted by Gasteiger charge is 2.03. The Bertz CT molecular complexity index is 273. The van der Waals surface area contributed by atoms with Gasteiger partial charge in [-0.3, -0.25) is 0 Å². The highest BCUT2D eigenvalue weighted by molar-refractivity contribution is 7.80. The van der Waals surface area contributed by atoms with E-state index in [1.807, 2.05) is 26.0 Å². The minimum absolute atomic E-state index is 0.137. The molecule has 1 aromatic carbocycles. The summed E-state index contributed by atoms with van der Waals surface area (Å²) < 4.78 is 5.44. The lowest BCUT2D eigenvalue weighted by molar-refractivity contribution is 0.242. The second kappa shape index (κ2) is 4.06. The van der Waals surface area contributed by atoms with Crippen LogP contribution in [-0.4, -0.2) is 6.10 Å². The molecule has 0 bridgehead atoms. The largest absolute Gasteiger partial charge is 0.489 e. The first kappa shape index (κ1) is 9.75. The molecule has 0 radical (unpaired) electrons. The van der Waals surface area contributed by atoms with E-state index in [2.05, 4.69) is 12.6 Å². The van der Waals surface area contributed by atoms with Gasteiger partial charge < -0.3 is 4.74 Å². The highest BCUT2D eigenvalue weighted by atomic mass is 35.5. The predicted molar refractivity (Wildman–Crippen MR) is 54.5 cm³/mol. The average Bonchev–Trinajstić information content (AvgIpc) is 1.96. The minimum Gasteiger partial charge on any atom is -0.489 e. The van der Waals surface area contributed by atoms with Crippen LogP contribution in [0.4, 0.5) is 0 Å². The lowest BCUT2D eigenvalue weighted by Gasteiger charge is -2.11. The van der Waals surface area contributed by atoms with E-state index in [1.54, 1.807) is 6.07 Å². The van der Waals surface area contributed by atoms with Gasteiger partial charge in [0, 0.05) is 4.90 Å². The summed E-state index contributed by atoms with van der Waals surface area (Å²) in [6.45, 7) is 3.92. The van der Waals surface area contributed by atoms with Crippen LogP contribution in [0.1, 0.15) is 13.8 Å². The Balaban J connectivity index is 2.90. The van der Waals surface area contributed by atoms with Gasteiger partial charge in [0.15, 0.2) is 0 Å². The third kappa shape index (κ3) is 2.61. The molecule has 3 heteroatoms. The topological polar surface area (TPSA) is 9.23 Å². The number of halogens is 1. The average molecular weight is 203 g/mol. The molecule has 0 aromatic heterocycles. The molecule has 66 valence electrons. The quantitative estimate of drug-likeness (QED) is 0.724. The minimum atomic E-state index is 0.137. The molecule has 0 fully saturated rings. The van der Waals surface area contributed by atoms with Crippen molar-refractivity contribution in [3.05, 3.63) is 23.2 Å². The maximum absolute atomic E-state index is 5.88. The van der Waals surface area contributed by atoms with Crippen molar-refractivity contribution in [2.75, 3.05) is 0 Å². The van der Waals surface area contributed by atoms with E-state index < -0.39 is 0 Å². The van der Waals surface area contributed by atoms with Crippen molar-refractivity contribution in [3.63, 3.8) is 0 Å². The molecule has 0 aliphatic rings. The van der Waals surface area contributed by atoms with Crippen LogP contribution in [-0.2, 0) is 0 Å². The Morgan fingerprint density at radius 2 is 2.08 bits per heavy atom. The van der Waals surface area contributed by atoms with Crippen molar-refractivity contribution < 1.29 is 4.74 Å². The van der Waals surface area contributed by atoms with Gasteiger partial charge in [-0.15, -0.1) is 12.6 Å². The van der Waals surface area contributed by atoms with Gasteiger partial charge in [0.05, 0.1) is 11.1 Å². The summed E-state index contributed by atoms with van der Waals surface area (Å²) in [6, 6.07) is 5.42. The molecule has 0 atom stereocenters. The van der Waals surface area contributed by atoms with E-state index in [4.69, 9.17) is 16.3 Å². The third-order valence-electron chi connectivity index (χ3n) is 1.28. The molecule has 0 spiro atoms. The Morgan fingerprint density at radius 1 is 1.42 bits per heavy atom. The van der Waals surface area contributed by atoms with Gasteiger partial charge in [-0.2, -0.15) is 0 Å². The van der Waals surface area contributed by atoms with Crippen LogP contribution in [0.25, 0.3) is 0 Å². The van der Waals surface area contributed by atoms with Crippen LogP contribution >= 0.6 is 24.2 Å². The van der Waals surface area contributed by atoms with Crippen molar-refractivity contribution in [2.24, 2.45) is 0 Å². The highest BCUT2D eigenvalue weighted by Crippen LogP contribution is 2.27. The van der Waals surface area contributed by atoms with E-state index >= 15 is 0 Å². The first-order valence-corrected chi connectivity index (χ1v) is 4.57. The Hall–Kier alpha value is -0.340. The van der Waals surface area contributed by atoms with E-state index in [0.717, 1.165) is 4.90 Å². The maximum Gasteiger partial charge on any atom is 0.139 e. The fourth-order valence-electron chi connectivity index (χ4n) is 0.836. The summed E-state index contributed by atoms with van der Waals surface area (Å²) in [5, 5.41) is 0.626. The zero-order valence-electron chi connectivity index (χ0n) is 7.04. The Morgan fingerprint density at radius 3 is 2.67 bits per heavy atom. The van der Waals surface area contributed by atoms with Gasteiger partial charge in [-0.05, 0) is 32.0 Å². The van der Waals surface area contributed by atoms with Gasteiger partial charge in [0.1, 0.15) is 5.75 Å². The molecule has 0 heterocycles. The van der Waals surface area contributed by atoms with E-state index in [-0.39, 0.29) is 6.10 Å². The number of rotatable bonds is 2. The Kier molecular flexibility index (Phi) is 3.29. The molecule has 0 amide bonds. The molecule has 0 N–H and O–H groups in total. The van der Waals surface area contributed by atoms with Gasteiger partial charge in [0.2, 0.25) is 0 Å². The van der Waals surface area contributed by atoms with Crippen LogP contribution in [0, 0.1) is 0 Å². The molecular formula is C9H11ClOS. The zero-order chi connectivity index (χ0) is 9.14. The number of benzene rings is 1. The summed E-state index contributed by atoms with van der Waals surface area (Å²) in [5.41, 5.74) is 0. The van der Waals surface area contributed by atoms with E-state index in [0.29, 0.717) is 10.8 Å². The summed E-state index contributed by atoms with van der Waals surface area (Å²) in [4.78, 5) is 0.857. The molecule has 0 aliphatic heterocycles. The summed E-state index contributed by atoms with van der Waals surface area (Å²) in [7, 11) is 0. The van der Waals surface area contributed by atoms with Crippen LogP contribution in [0.5, 0.6) is 5.75 Å². The second-order valence-electron chi connectivity index (χ2n) is 2.78. The molecule has 12 heavy (non-hydrogen) atoms. The number of hydrogen-bond acceptors (Lipinski definition) is 2. The van der Waals surface area contributed by atoms with Gasteiger partial charge in [0.25, 0.3) is 0 Å². The summed E-state index contributed by atoms with van der Waals surface area (Å²) in [6.07, 6.45) is 0.137. The van der Waals surface area contributed by atoms with Gasteiger partial charge in [-0.25, -0.2) is 0 Å². The molecule has 0 unspecified atom stereocenters. The number of hydrogen-bond donors (Lipinski definition) is 1. The van der Waals surface area contributed by atoms with E-state index in [1.165, 1.54) is 0 Å². The smallest absolute Gasteiger partial charge is 0.139 e. The second-order valence-corrected chi connectivity index (χ2v) is 3.70. The lowest BCUT2D eigenvalue weighted by Crippen LogP contribution is -2.05. The van der Waals surface area contributed by atoms with Crippen molar-refractivity contribution in [2.45, 2.75) is 24.8 Å². The number of ether oxygens (including phenoxy) is 1. The SMILES string of the molecule is CC(C)Oc1cc(S)ccc1Cl. The molecule has 1 nitrogen and oxygen atoms in total. The van der Waals surface area contributed by atoms with Crippen LogP contribution < -0.4 is 4.74 Å². The van der Waals surface area contributed by atoms with Crippen molar-refractivity contribution in [1.29, 1.82) is 0 Å². The Labute approximate surface area is 83.1 Å². The van der Waals surface area contributed by atoms with Gasteiger partial charge in [-0.1, -0.05) is 11.6 Å². The van der Waals surface area contributed by atoms with Crippen LogP contribution in [0.15, 0.2) is 23.1 Å². The van der Waals surface area contributed by atoms with Crippen molar-refractivity contribution in [3.8, 4) is 5.75 Å². The van der Waals surface area contributed by atoms with Crippen LogP contribution in [0.2, 0.25) is 5.02 Å². The first-order chi connectivity index (χ1) is 5.59. The van der Waals surface area contributed by atoms with E-state index in [9.17, 15) is 0 Å². The monoisotopic (exact) mass is 202 g/mol. The maximum atomic E-state index is 5.88. The predicted octanol–water partition coefficient (Wildman–Crippen LogP) is 3.42. The summed E-state index contributed by atoms with van der Waals surface area (Å²) in [5.74, 6) is 0.694. The fourth-order valence-corrected chi connectivity index (χ4v) is 1.19.